The molecule has 0 bridgehead atoms. The van der Waals surface area contributed by atoms with E-state index in [9.17, 15) is 0 Å². The lowest BCUT2D eigenvalue weighted by Gasteiger charge is -2.02. The highest BCUT2D eigenvalue weighted by atomic mass is 16.5. The maximum Gasteiger partial charge on any atom is 0.258 e. The first kappa shape index (κ1) is 11.5. The molecule has 6 nitrogen and oxygen atoms in total. The second kappa shape index (κ2) is 4.24. The highest BCUT2D eigenvalue weighted by Crippen LogP contribution is 2.27. The first-order chi connectivity index (χ1) is 9.15. The van der Waals surface area contributed by atoms with Crippen molar-refractivity contribution < 1.29 is 4.52 Å². The monoisotopic (exact) mass is 255 g/mol. The number of aromatic nitrogens is 4. The lowest BCUT2D eigenvalue weighted by Crippen LogP contribution is -1.92. The van der Waals surface area contributed by atoms with E-state index in [1.54, 1.807) is 4.68 Å². The van der Waals surface area contributed by atoms with E-state index >= 15 is 0 Å². The van der Waals surface area contributed by atoms with Gasteiger partial charge in [0.25, 0.3) is 5.89 Å². The Morgan fingerprint density at radius 1 is 1.26 bits per heavy atom. The van der Waals surface area contributed by atoms with Gasteiger partial charge in [-0.3, -0.25) is 4.68 Å². The smallest absolute Gasteiger partial charge is 0.258 e. The third-order valence-corrected chi connectivity index (χ3v) is 2.97. The number of rotatable bonds is 2. The standard InChI is InChI=1S/C13H13N5O/c1-8-9(4-3-5-10(8)14)13-15-12(17-19-13)11-6-7-18(2)16-11/h3-7H,14H2,1-2H3. The van der Waals surface area contributed by atoms with E-state index in [1.165, 1.54) is 0 Å². The molecule has 0 atom stereocenters. The van der Waals surface area contributed by atoms with Crippen LogP contribution in [0.3, 0.4) is 0 Å². The van der Waals surface area contributed by atoms with Gasteiger partial charge in [-0.2, -0.15) is 10.1 Å². The highest BCUT2D eigenvalue weighted by molar-refractivity contribution is 5.67. The van der Waals surface area contributed by atoms with Crippen molar-refractivity contribution in [1.29, 1.82) is 0 Å². The average molecular weight is 255 g/mol. The van der Waals surface area contributed by atoms with Crippen LogP contribution in [0, 0.1) is 6.92 Å². The van der Waals surface area contributed by atoms with Gasteiger partial charge in [-0.15, -0.1) is 0 Å². The summed E-state index contributed by atoms with van der Waals surface area (Å²) in [7, 11) is 1.84. The van der Waals surface area contributed by atoms with Gasteiger partial charge < -0.3 is 10.3 Å². The second-order valence-corrected chi connectivity index (χ2v) is 4.32. The highest BCUT2D eigenvalue weighted by Gasteiger charge is 2.14. The number of benzene rings is 1. The third kappa shape index (κ3) is 1.97. The van der Waals surface area contributed by atoms with Crippen molar-refractivity contribution in [1.82, 2.24) is 19.9 Å². The number of hydrogen-bond acceptors (Lipinski definition) is 5. The zero-order valence-corrected chi connectivity index (χ0v) is 10.7. The Labute approximate surface area is 109 Å². The molecule has 0 aliphatic heterocycles. The van der Waals surface area contributed by atoms with Crippen molar-refractivity contribution in [2.24, 2.45) is 7.05 Å². The molecule has 2 aromatic heterocycles. The predicted octanol–water partition coefficient (Wildman–Crippen LogP) is 2.03. The molecule has 0 saturated carbocycles. The van der Waals surface area contributed by atoms with Gasteiger partial charge in [0.05, 0.1) is 0 Å². The fourth-order valence-corrected chi connectivity index (χ4v) is 1.86. The number of anilines is 1. The molecule has 3 rings (SSSR count). The first-order valence-corrected chi connectivity index (χ1v) is 5.84. The van der Waals surface area contributed by atoms with Crippen molar-refractivity contribution in [3.63, 3.8) is 0 Å². The van der Waals surface area contributed by atoms with Crippen LogP contribution in [0.25, 0.3) is 23.0 Å². The summed E-state index contributed by atoms with van der Waals surface area (Å²) in [4.78, 5) is 4.36. The molecule has 96 valence electrons. The molecule has 0 aliphatic carbocycles. The maximum absolute atomic E-state index is 5.87. The molecular formula is C13H13N5O. The van der Waals surface area contributed by atoms with Gasteiger partial charge in [-0.05, 0) is 30.7 Å². The van der Waals surface area contributed by atoms with Crippen LogP contribution in [0.1, 0.15) is 5.56 Å². The fraction of sp³-hybridized carbons (Fsp3) is 0.154. The molecule has 3 aromatic rings. The summed E-state index contributed by atoms with van der Waals surface area (Å²) in [5.74, 6) is 0.919. The molecular weight excluding hydrogens is 242 g/mol. The molecule has 0 spiro atoms. The number of aryl methyl sites for hydroxylation is 1. The summed E-state index contributed by atoms with van der Waals surface area (Å²) in [5.41, 5.74) is 9.03. The largest absolute Gasteiger partial charge is 0.398 e. The number of nitrogen functional groups attached to an aromatic ring is 1. The molecule has 19 heavy (non-hydrogen) atoms. The second-order valence-electron chi connectivity index (χ2n) is 4.32. The molecule has 1 aromatic carbocycles. The normalized spacial score (nSPS) is 10.8. The van der Waals surface area contributed by atoms with Gasteiger partial charge in [0.15, 0.2) is 0 Å². The molecule has 0 unspecified atom stereocenters. The zero-order chi connectivity index (χ0) is 13.4. The van der Waals surface area contributed by atoms with Gasteiger partial charge in [0.1, 0.15) is 5.69 Å². The molecule has 0 saturated heterocycles. The average Bonchev–Trinajstić information content (AvgIpc) is 3.01. The minimum absolute atomic E-state index is 0.449. The molecule has 2 heterocycles. The van der Waals surface area contributed by atoms with E-state index in [0.717, 1.165) is 11.1 Å². The summed E-state index contributed by atoms with van der Waals surface area (Å²) in [6.45, 7) is 1.93. The Morgan fingerprint density at radius 2 is 2.11 bits per heavy atom. The summed E-state index contributed by atoms with van der Waals surface area (Å²) in [6.07, 6.45) is 1.83. The van der Waals surface area contributed by atoms with Crippen LogP contribution in [0.15, 0.2) is 35.0 Å². The van der Waals surface area contributed by atoms with Gasteiger partial charge in [-0.25, -0.2) is 0 Å². The Morgan fingerprint density at radius 3 is 2.84 bits per heavy atom. The van der Waals surface area contributed by atoms with E-state index in [0.29, 0.717) is 23.1 Å². The Hall–Kier alpha value is -2.63. The summed E-state index contributed by atoms with van der Waals surface area (Å²) in [5, 5.41) is 8.18. The van der Waals surface area contributed by atoms with Crippen LogP contribution in [0.4, 0.5) is 5.69 Å². The maximum atomic E-state index is 5.87. The van der Waals surface area contributed by atoms with Gasteiger partial charge in [0.2, 0.25) is 5.82 Å². The van der Waals surface area contributed by atoms with Crippen LogP contribution in [-0.4, -0.2) is 19.9 Å². The first-order valence-electron chi connectivity index (χ1n) is 5.84. The lowest BCUT2D eigenvalue weighted by molar-refractivity contribution is 0.432. The molecule has 0 radical (unpaired) electrons. The van der Waals surface area contributed by atoms with E-state index in [4.69, 9.17) is 10.3 Å². The van der Waals surface area contributed by atoms with Gasteiger partial charge in [0, 0.05) is 24.5 Å². The minimum atomic E-state index is 0.449. The minimum Gasteiger partial charge on any atom is -0.398 e. The summed E-state index contributed by atoms with van der Waals surface area (Å²) < 4.78 is 6.98. The van der Waals surface area contributed by atoms with Crippen LogP contribution in [0.2, 0.25) is 0 Å². The molecule has 0 fully saturated rings. The fourth-order valence-electron chi connectivity index (χ4n) is 1.86. The van der Waals surface area contributed by atoms with Crippen molar-refractivity contribution in [2.75, 3.05) is 5.73 Å². The third-order valence-electron chi connectivity index (χ3n) is 2.97. The van der Waals surface area contributed by atoms with Crippen molar-refractivity contribution in [3.8, 4) is 23.0 Å². The molecule has 6 heteroatoms. The lowest BCUT2D eigenvalue weighted by atomic mass is 10.1. The number of nitrogens with zero attached hydrogens (tertiary/aromatic N) is 4. The molecule has 2 N–H and O–H groups in total. The van der Waals surface area contributed by atoms with E-state index in [-0.39, 0.29) is 0 Å². The van der Waals surface area contributed by atoms with Crippen LogP contribution >= 0.6 is 0 Å². The van der Waals surface area contributed by atoms with Crippen molar-refractivity contribution in [2.45, 2.75) is 6.92 Å². The van der Waals surface area contributed by atoms with Crippen LogP contribution in [-0.2, 0) is 7.05 Å². The van der Waals surface area contributed by atoms with E-state index in [1.807, 2.05) is 44.4 Å². The van der Waals surface area contributed by atoms with Gasteiger partial charge in [-0.1, -0.05) is 11.2 Å². The molecule has 0 amide bonds. The SMILES string of the molecule is Cc1c(N)cccc1-c1nc(-c2ccn(C)n2)no1. The summed E-state index contributed by atoms with van der Waals surface area (Å²) >= 11 is 0. The van der Waals surface area contributed by atoms with E-state index in [2.05, 4.69) is 15.2 Å². The van der Waals surface area contributed by atoms with E-state index < -0.39 is 0 Å². The Balaban J connectivity index is 2.04. The Kier molecular flexibility index (Phi) is 2.56. The number of hydrogen-bond donors (Lipinski definition) is 1. The van der Waals surface area contributed by atoms with Crippen molar-refractivity contribution in [3.05, 3.63) is 36.0 Å². The predicted molar refractivity (Wildman–Crippen MR) is 71.1 cm³/mol. The van der Waals surface area contributed by atoms with Crippen LogP contribution < -0.4 is 5.73 Å². The Bertz CT molecular complexity index is 728. The van der Waals surface area contributed by atoms with Crippen LogP contribution in [0.5, 0.6) is 0 Å². The molecule has 0 aliphatic rings. The quantitative estimate of drug-likeness (QED) is 0.708. The number of nitrogens with two attached hydrogens (primary N) is 1. The van der Waals surface area contributed by atoms with Gasteiger partial charge >= 0.3 is 0 Å². The van der Waals surface area contributed by atoms with Crippen molar-refractivity contribution >= 4 is 5.69 Å². The topological polar surface area (TPSA) is 82.8 Å². The summed E-state index contributed by atoms with van der Waals surface area (Å²) in [6, 6.07) is 7.44. The zero-order valence-electron chi connectivity index (χ0n) is 10.7.